The van der Waals surface area contributed by atoms with Crippen molar-refractivity contribution in [2.24, 2.45) is 5.92 Å². The molecule has 0 aliphatic heterocycles. The molecule has 2 atom stereocenters. The summed E-state index contributed by atoms with van der Waals surface area (Å²) < 4.78 is 0. The lowest BCUT2D eigenvalue weighted by Crippen LogP contribution is -2.31. The van der Waals surface area contributed by atoms with Crippen molar-refractivity contribution in [3.8, 4) is 0 Å². The molecule has 26 heavy (non-hydrogen) atoms. The van der Waals surface area contributed by atoms with Gasteiger partial charge in [-0.15, -0.1) is 0 Å². The molecule has 1 aromatic heterocycles. The lowest BCUT2D eigenvalue weighted by molar-refractivity contribution is 0.0927. The first-order valence-corrected chi connectivity index (χ1v) is 8.59. The molecule has 3 N–H and O–H groups in total. The molecule has 0 unspecified atom stereocenters. The van der Waals surface area contributed by atoms with Crippen molar-refractivity contribution >= 4 is 16.9 Å². The Balaban J connectivity index is 1.66. The molecule has 0 radical (unpaired) electrons. The van der Waals surface area contributed by atoms with E-state index in [1.807, 2.05) is 6.92 Å². The van der Waals surface area contributed by atoms with E-state index in [0.29, 0.717) is 22.5 Å². The first kappa shape index (κ1) is 16.3. The van der Waals surface area contributed by atoms with Crippen LogP contribution < -0.4 is 16.4 Å². The van der Waals surface area contributed by atoms with Crippen LogP contribution >= 0.6 is 0 Å². The molecule has 0 fully saturated rings. The van der Waals surface area contributed by atoms with Crippen LogP contribution in [0.5, 0.6) is 0 Å². The van der Waals surface area contributed by atoms with Crippen molar-refractivity contribution in [1.29, 1.82) is 0 Å². The smallest absolute Gasteiger partial charge is 0.314 e. The molecule has 0 spiro atoms. The third kappa shape index (κ3) is 2.73. The molecule has 0 bridgehead atoms. The summed E-state index contributed by atoms with van der Waals surface area (Å²) >= 11 is 0. The Morgan fingerprint density at radius 2 is 1.77 bits per heavy atom. The Kier molecular flexibility index (Phi) is 3.76. The Bertz CT molecular complexity index is 1140. The number of aryl methyl sites for hydroxylation is 1. The summed E-state index contributed by atoms with van der Waals surface area (Å²) in [5.41, 5.74) is 3.53. The van der Waals surface area contributed by atoms with E-state index in [1.54, 1.807) is 18.2 Å². The third-order valence-corrected chi connectivity index (χ3v) is 5.02. The number of carbonyl (C=O) groups excluding carboxylic acids is 1. The zero-order valence-electron chi connectivity index (χ0n) is 14.6. The largest absolute Gasteiger partial charge is 0.345 e. The van der Waals surface area contributed by atoms with Gasteiger partial charge in [0, 0.05) is 5.56 Å². The minimum atomic E-state index is -0.733. The van der Waals surface area contributed by atoms with Gasteiger partial charge in [0.1, 0.15) is 0 Å². The second-order valence-electron chi connectivity index (χ2n) is 7.00. The van der Waals surface area contributed by atoms with E-state index in [1.165, 1.54) is 16.7 Å². The fourth-order valence-electron chi connectivity index (χ4n) is 3.66. The SMILES string of the molecule is Cc1ccc2c(c1)[C@@H](NC(=O)c1ccc3[nH]c(=O)c(=O)[nH]c3c1)[C@@H](C)C2. The zero-order chi connectivity index (χ0) is 18.4. The van der Waals surface area contributed by atoms with Crippen LogP contribution in [-0.4, -0.2) is 15.9 Å². The standard InChI is InChI=1S/C20H19N3O3/c1-10-3-4-12-8-11(2)17(14(12)7-10)23-18(24)13-5-6-15-16(9-13)22-20(26)19(25)21-15/h3-7,9,11,17H,8H2,1-2H3,(H,21,25)(H,22,26)(H,23,24)/t11-,17-/m0/s1. The number of rotatable bonds is 2. The average molecular weight is 349 g/mol. The molecule has 1 amide bonds. The van der Waals surface area contributed by atoms with Gasteiger partial charge in [-0.2, -0.15) is 0 Å². The molecule has 0 saturated carbocycles. The molecular weight excluding hydrogens is 330 g/mol. The highest BCUT2D eigenvalue weighted by Gasteiger charge is 2.30. The van der Waals surface area contributed by atoms with Crippen LogP contribution in [-0.2, 0) is 6.42 Å². The Morgan fingerprint density at radius 3 is 2.54 bits per heavy atom. The summed E-state index contributed by atoms with van der Waals surface area (Å²) in [4.78, 5) is 40.6. The van der Waals surface area contributed by atoms with Crippen molar-refractivity contribution in [3.63, 3.8) is 0 Å². The lowest BCUT2D eigenvalue weighted by atomic mass is 10.0. The first-order chi connectivity index (χ1) is 12.4. The maximum Gasteiger partial charge on any atom is 0.314 e. The molecule has 132 valence electrons. The van der Waals surface area contributed by atoms with E-state index in [4.69, 9.17) is 0 Å². The number of amides is 1. The maximum atomic E-state index is 12.8. The fraction of sp³-hybridized carbons (Fsp3) is 0.250. The number of carbonyl (C=O) groups is 1. The van der Waals surface area contributed by atoms with Crippen LogP contribution in [0.1, 0.15) is 40.0 Å². The van der Waals surface area contributed by atoms with Gasteiger partial charge < -0.3 is 15.3 Å². The first-order valence-electron chi connectivity index (χ1n) is 8.59. The number of aromatic amines is 2. The Hall–Kier alpha value is -3.15. The van der Waals surface area contributed by atoms with Gasteiger partial charge >= 0.3 is 11.1 Å². The second kappa shape index (κ2) is 5.98. The second-order valence-corrected chi connectivity index (χ2v) is 7.00. The molecule has 1 aliphatic carbocycles. The summed E-state index contributed by atoms with van der Waals surface area (Å²) in [5.74, 6) is 0.109. The highest BCUT2D eigenvalue weighted by Crippen LogP contribution is 2.36. The number of H-pyrrole nitrogens is 2. The molecule has 6 nitrogen and oxygen atoms in total. The molecule has 2 aromatic carbocycles. The predicted molar refractivity (Wildman–Crippen MR) is 99.4 cm³/mol. The summed E-state index contributed by atoms with van der Waals surface area (Å²) in [7, 11) is 0. The highest BCUT2D eigenvalue weighted by molar-refractivity contribution is 5.97. The van der Waals surface area contributed by atoms with Gasteiger partial charge in [-0.25, -0.2) is 0 Å². The number of aromatic nitrogens is 2. The minimum Gasteiger partial charge on any atom is -0.345 e. The van der Waals surface area contributed by atoms with Crippen molar-refractivity contribution in [2.75, 3.05) is 0 Å². The van der Waals surface area contributed by atoms with Crippen molar-refractivity contribution < 1.29 is 4.79 Å². The number of fused-ring (bicyclic) bond motifs is 2. The normalized spacial score (nSPS) is 18.7. The van der Waals surface area contributed by atoms with Gasteiger partial charge in [-0.05, 0) is 48.6 Å². The van der Waals surface area contributed by atoms with Crippen LogP contribution in [0.3, 0.4) is 0 Å². The van der Waals surface area contributed by atoms with Gasteiger partial charge in [0.2, 0.25) is 0 Å². The Labute approximate surface area is 149 Å². The van der Waals surface area contributed by atoms with E-state index in [0.717, 1.165) is 6.42 Å². The Morgan fingerprint density at radius 1 is 1.04 bits per heavy atom. The molecular formula is C20H19N3O3. The van der Waals surface area contributed by atoms with E-state index in [-0.39, 0.29) is 11.9 Å². The quantitative estimate of drug-likeness (QED) is 0.619. The number of nitrogens with one attached hydrogen (secondary N) is 3. The van der Waals surface area contributed by atoms with E-state index in [9.17, 15) is 14.4 Å². The number of hydrogen-bond acceptors (Lipinski definition) is 3. The summed E-state index contributed by atoms with van der Waals surface area (Å²) in [6, 6.07) is 11.2. The monoisotopic (exact) mass is 349 g/mol. The van der Waals surface area contributed by atoms with Gasteiger partial charge in [0.05, 0.1) is 17.1 Å². The van der Waals surface area contributed by atoms with Gasteiger partial charge in [-0.3, -0.25) is 14.4 Å². The van der Waals surface area contributed by atoms with Gasteiger partial charge in [-0.1, -0.05) is 30.7 Å². The molecule has 1 aliphatic rings. The van der Waals surface area contributed by atoms with Crippen molar-refractivity contribution in [3.05, 3.63) is 79.4 Å². The van der Waals surface area contributed by atoms with Crippen molar-refractivity contribution in [2.45, 2.75) is 26.3 Å². The molecule has 0 saturated heterocycles. The van der Waals surface area contributed by atoms with E-state index < -0.39 is 11.1 Å². The van der Waals surface area contributed by atoms with Crippen LogP contribution in [0.25, 0.3) is 11.0 Å². The van der Waals surface area contributed by atoms with Crippen LogP contribution in [0, 0.1) is 12.8 Å². The summed E-state index contributed by atoms with van der Waals surface area (Å²) in [6.45, 7) is 4.17. The zero-order valence-corrected chi connectivity index (χ0v) is 14.6. The molecule has 1 heterocycles. The molecule has 4 rings (SSSR count). The van der Waals surface area contributed by atoms with E-state index >= 15 is 0 Å². The van der Waals surface area contributed by atoms with Gasteiger partial charge in [0.25, 0.3) is 5.91 Å². The van der Waals surface area contributed by atoms with Gasteiger partial charge in [0.15, 0.2) is 0 Å². The number of hydrogen-bond donors (Lipinski definition) is 3. The molecule has 3 aromatic rings. The van der Waals surface area contributed by atoms with Crippen LogP contribution in [0.15, 0.2) is 46.0 Å². The maximum absolute atomic E-state index is 12.8. The van der Waals surface area contributed by atoms with Crippen LogP contribution in [0.4, 0.5) is 0 Å². The minimum absolute atomic E-state index is 0.0391. The summed E-state index contributed by atoms with van der Waals surface area (Å²) in [5, 5.41) is 3.12. The van der Waals surface area contributed by atoms with E-state index in [2.05, 4.69) is 40.4 Å². The predicted octanol–water partition coefficient (Wildman–Crippen LogP) is 2.19. The molecule has 6 heteroatoms. The number of benzene rings is 2. The van der Waals surface area contributed by atoms with Crippen molar-refractivity contribution in [1.82, 2.24) is 15.3 Å². The lowest BCUT2D eigenvalue weighted by Gasteiger charge is -2.19. The average Bonchev–Trinajstić information content (AvgIpc) is 2.90. The topological polar surface area (TPSA) is 94.8 Å². The van der Waals surface area contributed by atoms with Crippen LogP contribution in [0.2, 0.25) is 0 Å². The highest BCUT2D eigenvalue weighted by atomic mass is 16.2. The third-order valence-electron chi connectivity index (χ3n) is 5.02. The summed E-state index contributed by atoms with van der Waals surface area (Å²) in [6.07, 6.45) is 0.937. The fourth-order valence-corrected chi connectivity index (χ4v) is 3.66.